The molecule has 0 bridgehead atoms. The molecule has 1 aliphatic rings. The van der Waals surface area contributed by atoms with Crippen molar-refractivity contribution in [3.8, 4) is 11.5 Å². The lowest BCUT2D eigenvalue weighted by Crippen LogP contribution is -2.27. The van der Waals surface area contributed by atoms with Crippen molar-refractivity contribution >= 4 is 56.2 Å². The lowest BCUT2D eigenvalue weighted by Gasteiger charge is -2.15. The molecule has 1 fully saturated rings. The lowest BCUT2D eigenvalue weighted by molar-refractivity contribution is -0.121. The molecular weight excluding hydrogens is 477 g/mol. The number of benzene rings is 2. The van der Waals surface area contributed by atoms with Crippen LogP contribution in [0.15, 0.2) is 45.8 Å². The quantitative estimate of drug-likeness (QED) is 0.359. The molecule has 8 heteroatoms. The van der Waals surface area contributed by atoms with E-state index in [9.17, 15) is 9.18 Å². The normalized spacial score (nSPS) is 15.3. The number of rotatable bonds is 7. The summed E-state index contributed by atoms with van der Waals surface area (Å²) in [5.74, 6) is 0.655. The molecule has 1 heterocycles. The summed E-state index contributed by atoms with van der Waals surface area (Å²) in [6, 6.07) is 9.92. The molecule has 0 aromatic heterocycles. The van der Waals surface area contributed by atoms with Crippen LogP contribution in [0.1, 0.15) is 25.0 Å². The average Bonchev–Trinajstić information content (AvgIpc) is 2.94. The highest BCUT2D eigenvalue weighted by Crippen LogP contribution is 2.39. The molecule has 4 nitrogen and oxygen atoms in total. The summed E-state index contributed by atoms with van der Waals surface area (Å²) >= 11 is 10.1. The summed E-state index contributed by atoms with van der Waals surface area (Å²) in [6.45, 7) is 4.96. The highest BCUT2D eigenvalue weighted by atomic mass is 79.9. The van der Waals surface area contributed by atoms with Gasteiger partial charge in [-0.05, 0) is 71.2 Å². The van der Waals surface area contributed by atoms with E-state index >= 15 is 0 Å². The summed E-state index contributed by atoms with van der Waals surface area (Å²) in [5.41, 5.74) is 1.50. The summed E-state index contributed by atoms with van der Waals surface area (Å²) in [6.07, 6.45) is 1.79. The van der Waals surface area contributed by atoms with Gasteiger partial charge >= 0.3 is 0 Å². The molecule has 3 rings (SSSR count). The molecule has 0 radical (unpaired) electrons. The Bertz CT molecular complexity index is 980. The molecule has 1 saturated heterocycles. The van der Waals surface area contributed by atoms with Crippen LogP contribution in [0.5, 0.6) is 11.5 Å². The van der Waals surface area contributed by atoms with E-state index < -0.39 is 0 Å². The number of ether oxygens (including phenoxy) is 2. The van der Waals surface area contributed by atoms with Crippen molar-refractivity contribution in [2.24, 2.45) is 0 Å². The lowest BCUT2D eigenvalue weighted by atomic mass is 10.1. The largest absolute Gasteiger partial charge is 0.490 e. The van der Waals surface area contributed by atoms with Crippen LogP contribution in [0.3, 0.4) is 0 Å². The first-order valence-corrected chi connectivity index (χ1v) is 11.0. The van der Waals surface area contributed by atoms with Gasteiger partial charge in [0.15, 0.2) is 11.5 Å². The predicted molar refractivity (Wildman–Crippen MR) is 122 cm³/mol. The van der Waals surface area contributed by atoms with Crippen molar-refractivity contribution in [1.82, 2.24) is 4.90 Å². The van der Waals surface area contributed by atoms with Crippen molar-refractivity contribution in [3.63, 3.8) is 0 Å². The minimum atomic E-state index is -0.310. The smallest absolute Gasteiger partial charge is 0.266 e. The fraction of sp³-hybridized carbons (Fsp3) is 0.238. The number of carbonyl (C=O) groups is 1. The molecule has 0 spiro atoms. The van der Waals surface area contributed by atoms with Gasteiger partial charge < -0.3 is 9.47 Å². The van der Waals surface area contributed by atoms with E-state index in [0.29, 0.717) is 43.9 Å². The van der Waals surface area contributed by atoms with Gasteiger partial charge in [-0.2, -0.15) is 0 Å². The number of carbonyl (C=O) groups excluding carboxylic acids is 1. The van der Waals surface area contributed by atoms with Crippen LogP contribution in [0.4, 0.5) is 4.39 Å². The maximum atomic E-state index is 13.4. The third kappa shape index (κ3) is 5.18. The van der Waals surface area contributed by atoms with Crippen molar-refractivity contribution in [1.29, 1.82) is 0 Å². The number of hydrogen-bond acceptors (Lipinski definition) is 5. The van der Waals surface area contributed by atoms with E-state index in [1.165, 1.54) is 23.9 Å². The summed E-state index contributed by atoms with van der Waals surface area (Å²) in [5, 5.41) is 0. The van der Waals surface area contributed by atoms with Gasteiger partial charge in [0.2, 0.25) is 0 Å². The molecule has 0 aliphatic carbocycles. The second kappa shape index (κ2) is 9.73. The average molecular weight is 496 g/mol. The molecule has 1 aliphatic heterocycles. The topological polar surface area (TPSA) is 38.8 Å². The molecule has 2 aromatic rings. The molecule has 0 unspecified atom stereocenters. The summed E-state index contributed by atoms with van der Waals surface area (Å²) in [7, 11) is 0. The zero-order chi connectivity index (χ0) is 21.0. The van der Waals surface area contributed by atoms with Gasteiger partial charge in [0.05, 0.1) is 16.0 Å². The van der Waals surface area contributed by atoms with Gasteiger partial charge in [0.1, 0.15) is 16.7 Å². The third-order valence-electron chi connectivity index (χ3n) is 4.09. The van der Waals surface area contributed by atoms with Crippen molar-refractivity contribution < 1.29 is 18.7 Å². The Hall–Kier alpha value is -1.90. The standard InChI is InChI=1S/C21H19BrFNO3S2/c1-3-24-20(25)18(29-21(24)28)11-14-9-16(22)19(17(10-14)26-4-2)27-12-13-6-5-7-15(23)8-13/h5-11H,3-4,12H2,1-2H3. The third-order valence-corrected chi connectivity index (χ3v) is 6.06. The SMILES string of the molecule is CCOc1cc(C=C2SC(=S)N(CC)C2=O)cc(Br)c1OCc1cccc(F)c1. The number of hydrogen-bond donors (Lipinski definition) is 0. The molecular formula is C21H19BrFNO3S2. The van der Waals surface area contributed by atoms with Gasteiger partial charge in [0, 0.05) is 6.54 Å². The number of thioether (sulfide) groups is 1. The van der Waals surface area contributed by atoms with Crippen LogP contribution in [0.2, 0.25) is 0 Å². The van der Waals surface area contributed by atoms with Crippen LogP contribution < -0.4 is 9.47 Å². The molecule has 2 aromatic carbocycles. The second-order valence-electron chi connectivity index (χ2n) is 6.11. The Balaban J connectivity index is 1.87. The molecule has 0 atom stereocenters. The first kappa shape index (κ1) is 21.8. The highest BCUT2D eigenvalue weighted by molar-refractivity contribution is 9.10. The molecule has 152 valence electrons. The zero-order valence-corrected chi connectivity index (χ0v) is 19.1. The predicted octanol–water partition coefficient (Wildman–Crippen LogP) is 5.79. The molecule has 29 heavy (non-hydrogen) atoms. The van der Waals surface area contributed by atoms with E-state index in [2.05, 4.69) is 15.9 Å². The number of thiocarbonyl (C=S) groups is 1. The Morgan fingerprint density at radius 2 is 2.03 bits per heavy atom. The Labute approximate surface area is 187 Å². The molecule has 1 amide bonds. The van der Waals surface area contributed by atoms with Crippen LogP contribution >= 0.6 is 39.9 Å². The van der Waals surface area contributed by atoms with Crippen LogP contribution in [0, 0.1) is 5.82 Å². The van der Waals surface area contributed by atoms with Crippen LogP contribution in [-0.2, 0) is 11.4 Å². The Morgan fingerprint density at radius 1 is 1.24 bits per heavy atom. The van der Waals surface area contributed by atoms with Gasteiger partial charge in [-0.3, -0.25) is 9.69 Å². The van der Waals surface area contributed by atoms with Gasteiger partial charge in [0.25, 0.3) is 5.91 Å². The van der Waals surface area contributed by atoms with Crippen molar-refractivity contribution in [2.45, 2.75) is 20.5 Å². The number of amides is 1. The van der Waals surface area contributed by atoms with Gasteiger partial charge in [-0.25, -0.2) is 4.39 Å². The highest BCUT2D eigenvalue weighted by Gasteiger charge is 2.30. The van der Waals surface area contributed by atoms with E-state index in [1.807, 2.05) is 26.0 Å². The minimum absolute atomic E-state index is 0.0944. The van der Waals surface area contributed by atoms with E-state index in [-0.39, 0.29) is 18.3 Å². The molecule has 0 N–H and O–H groups in total. The number of nitrogens with zero attached hydrogens (tertiary/aromatic N) is 1. The van der Waals surface area contributed by atoms with E-state index in [1.54, 1.807) is 23.1 Å². The Kier molecular flexibility index (Phi) is 7.32. The fourth-order valence-corrected chi connectivity index (χ4v) is 4.74. The number of halogens is 2. The monoisotopic (exact) mass is 495 g/mol. The van der Waals surface area contributed by atoms with E-state index in [0.717, 1.165) is 5.56 Å². The second-order valence-corrected chi connectivity index (χ2v) is 8.64. The maximum absolute atomic E-state index is 13.4. The maximum Gasteiger partial charge on any atom is 0.266 e. The van der Waals surface area contributed by atoms with E-state index in [4.69, 9.17) is 21.7 Å². The van der Waals surface area contributed by atoms with Crippen molar-refractivity contribution in [3.05, 3.63) is 62.7 Å². The first-order valence-electron chi connectivity index (χ1n) is 9.01. The fourth-order valence-electron chi connectivity index (χ4n) is 2.78. The zero-order valence-electron chi connectivity index (χ0n) is 15.9. The van der Waals surface area contributed by atoms with Crippen molar-refractivity contribution in [2.75, 3.05) is 13.2 Å². The number of likely N-dealkylation sites (N-methyl/N-ethyl adjacent to an activating group) is 1. The molecule has 0 saturated carbocycles. The first-order chi connectivity index (χ1) is 13.9. The summed E-state index contributed by atoms with van der Waals surface area (Å²) in [4.78, 5) is 14.6. The van der Waals surface area contributed by atoms with Crippen LogP contribution in [0.25, 0.3) is 6.08 Å². The summed E-state index contributed by atoms with van der Waals surface area (Å²) < 4.78 is 26.3. The Morgan fingerprint density at radius 3 is 2.69 bits per heavy atom. The van der Waals surface area contributed by atoms with Gasteiger partial charge in [-0.1, -0.05) is 36.1 Å². The van der Waals surface area contributed by atoms with Crippen LogP contribution in [-0.4, -0.2) is 28.3 Å². The minimum Gasteiger partial charge on any atom is -0.490 e. The van der Waals surface area contributed by atoms with Gasteiger partial charge in [-0.15, -0.1) is 0 Å².